The predicted octanol–water partition coefficient (Wildman–Crippen LogP) is 5.04. The number of aromatic nitrogens is 2. The minimum absolute atomic E-state index is 0.0121. The molecule has 0 aliphatic rings. The third kappa shape index (κ3) is 4.96. The van der Waals surface area contributed by atoms with Gasteiger partial charge in [0.15, 0.2) is 0 Å². The van der Waals surface area contributed by atoms with Crippen molar-refractivity contribution in [2.45, 2.75) is 20.1 Å². The maximum atomic E-state index is 12.5. The van der Waals surface area contributed by atoms with Crippen LogP contribution >= 0.6 is 11.3 Å². The smallest absolute Gasteiger partial charge is 0.246 e. The second kappa shape index (κ2) is 9.41. The molecule has 3 heterocycles. The normalized spacial score (nSPS) is 11.2. The Balaban J connectivity index is 1.32. The van der Waals surface area contributed by atoms with E-state index < -0.39 is 0 Å². The maximum Gasteiger partial charge on any atom is 0.246 e. The second-order valence-electron chi connectivity index (χ2n) is 6.82. The molecule has 0 aliphatic heterocycles. The summed E-state index contributed by atoms with van der Waals surface area (Å²) in [4.78, 5) is 20.0. The van der Waals surface area contributed by atoms with Gasteiger partial charge >= 0.3 is 0 Å². The number of benzene rings is 1. The number of fused-ring (bicyclic) bond motifs is 1. The summed E-state index contributed by atoms with van der Waals surface area (Å²) in [6.07, 6.45) is 7.40. The molecule has 0 N–H and O–H groups in total. The Kier molecular flexibility index (Phi) is 6.25. The SMILES string of the molecule is CCN(Cc1cccs1)C(=O)C=Cc1ccc(OCc2cn3ccccc3n2)cc1. The number of ether oxygens (including phenoxy) is 1. The summed E-state index contributed by atoms with van der Waals surface area (Å²) in [6, 6.07) is 17.7. The molecule has 0 aliphatic carbocycles. The fraction of sp³-hybridized carbons (Fsp3) is 0.167. The van der Waals surface area contributed by atoms with Gasteiger partial charge < -0.3 is 14.0 Å². The summed E-state index contributed by atoms with van der Waals surface area (Å²) in [5.74, 6) is 0.779. The summed E-state index contributed by atoms with van der Waals surface area (Å²) in [5, 5.41) is 2.03. The molecule has 0 fully saturated rings. The Bertz CT molecular complexity index is 1100. The molecule has 0 saturated carbocycles. The van der Waals surface area contributed by atoms with Crippen LogP contribution in [-0.2, 0) is 17.9 Å². The second-order valence-corrected chi connectivity index (χ2v) is 7.85. The van der Waals surface area contributed by atoms with Gasteiger partial charge in [-0.3, -0.25) is 4.79 Å². The topological polar surface area (TPSA) is 46.8 Å². The first kappa shape index (κ1) is 19.9. The van der Waals surface area contributed by atoms with Crippen molar-refractivity contribution in [1.82, 2.24) is 14.3 Å². The number of carbonyl (C=O) groups is 1. The first-order chi connectivity index (χ1) is 14.7. The fourth-order valence-electron chi connectivity index (χ4n) is 3.10. The van der Waals surface area contributed by atoms with Gasteiger partial charge in [0.1, 0.15) is 18.0 Å². The van der Waals surface area contributed by atoms with E-state index in [0.29, 0.717) is 19.7 Å². The highest BCUT2D eigenvalue weighted by molar-refractivity contribution is 7.09. The van der Waals surface area contributed by atoms with Gasteiger partial charge in [0.25, 0.3) is 0 Å². The molecular formula is C24H23N3O2S. The first-order valence-electron chi connectivity index (χ1n) is 9.86. The fourth-order valence-corrected chi connectivity index (χ4v) is 3.82. The molecule has 6 heteroatoms. The van der Waals surface area contributed by atoms with E-state index in [-0.39, 0.29) is 5.91 Å². The summed E-state index contributed by atoms with van der Waals surface area (Å²) in [5.41, 5.74) is 2.73. The molecular weight excluding hydrogens is 394 g/mol. The molecule has 4 rings (SSSR count). The molecule has 0 radical (unpaired) electrons. The lowest BCUT2D eigenvalue weighted by molar-refractivity contribution is -0.126. The van der Waals surface area contributed by atoms with Crippen molar-refractivity contribution in [2.24, 2.45) is 0 Å². The average Bonchev–Trinajstić information content (AvgIpc) is 3.44. The molecule has 0 bridgehead atoms. The number of hydrogen-bond acceptors (Lipinski definition) is 4. The lowest BCUT2D eigenvalue weighted by atomic mass is 10.2. The third-order valence-electron chi connectivity index (χ3n) is 4.72. The molecule has 3 aromatic heterocycles. The number of imidazole rings is 1. The molecule has 152 valence electrons. The molecule has 0 spiro atoms. The lowest BCUT2D eigenvalue weighted by Crippen LogP contribution is -2.28. The monoisotopic (exact) mass is 417 g/mol. The summed E-state index contributed by atoms with van der Waals surface area (Å²) >= 11 is 1.67. The average molecular weight is 418 g/mol. The largest absolute Gasteiger partial charge is 0.487 e. The number of carbonyl (C=O) groups excluding carboxylic acids is 1. The van der Waals surface area contributed by atoms with Crippen LogP contribution in [0.15, 0.2) is 78.4 Å². The van der Waals surface area contributed by atoms with E-state index in [1.807, 2.05) is 88.6 Å². The van der Waals surface area contributed by atoms with Crippen LogP contribution in [0.25, 0.3) is 11.7 Å². The van der Waals surface area contributed by atoms with Crippen molar-refractivity contribution in [2.75, 3.05) is 6.54 Å². The molecule has 0 saturated heterocycles. The quantitative estimate of drug-likeness (QED) is 0.378. The van der Waals surface area contributed by atoms with Crippen molar-refractivity contribution in [3.05, 3.63) is 94.6 Å². The zero-order valence-electron chi connectivity index (χ0n) is 16.8. The summed E-state index contributed by atoms with van der Waals surface area (Å²) in [6.45, 7) is 3.72. The molecule has 30 heavy (non-hydrogen) atoms. The van der Waals surface area contributed by atoms with Crippen molar-refractivity contribution in [1.29, 1.82) is 0 Å². The number of pyridine rings is 1. The number of likely N-dealkylation sites (N-methyl/N-ethyl adjacent to an activating group) is 1. The molecule has 4 aromatic rings. The van der Waals surface area contributed by atoms with E-state index in [1.54, 1.807) is 17.4 Å². The maximum absolute atomic E-state index is 12.5. The predicted molar refractivity (Wildman–Crippen MR) is 120 cm³/mol. The van der Waals surface area contributed by atoms with Crippen LogP contribution in [0, 0.1) is 0 Å². The highest BCUT2D eigenvalue weighted by Crippen LogP contribution is 2.16. The van der Waals surface area contributed by atoms with Crippen LogP contribution in [0.3, 0.4) is 0 Å². The number of hydrogen-bond donors (Lipinski definition) is 0. The van der Waals surface area contributed by atoms with E-state index in [1.165, 1.54) is 4.88 Å². The van der Waals surface area contributed by atoms with E-state index in [4.69, 9.17) is 4.74 Å². The standard InChI is InChI=1S/C24H23N3O2S/c1-2-26(17-22-6-5-15-30-22)24(28)13-10-19-8-11-21(12-9-19)29-18-20-16-27-14-4-3-7-23(27)25-20/h3-16H,2,17-18H2,1H3. The van der Waals surface area contributed by atoms with Crippen molar-refractivity contribution in [3.8, 4) is 5.75 Å². The number of nitrogens with zero attached hydrogens (tertiary/aromatic N) is 3. The summed E-state index contributed by atoms with van der Waals surface area (Å²) < 4.78 is 7.82. The first-order valence-corrected chi connectivity index (χ1v) is 10.7. The van der Waals surface area contributed by atoms with Crippen LogP contribution in [-0.4, -0.2) is 26.7 Å². The van der Waals surface area contributed by atoms with E-state index in [2.05, 4.69) is 11.1 Å². The Morgan fingerprint density at radius 2 is 2.03 bits per heavy atom. The van der Waals surface area contributed by atoms with Crippen LogP contribution in [0.2, 0.25) is 0 Å². The molecule has 0 unspecified atom stereocenters. The van der Waals surface area contributed by atoms with Gasteiger partial charge in [-0.25, -0.2) is 4.98 Å². The van der Waals surface area contributed by atoms with Crippen LogP contribution in [0.5, 0.6) is 5.75 Å². The molecule has 1 aromatic carbocycles. The Morgan fingerprint density at radius 3 is 2.77 bits per heavy atom. The van der Waals surface area contributed by atoms with Gasteiger partial charge in [-0.05, 0) is 54.3 Å². The third-order valence-corrected chi connectivity index (χ3v) is 5.58. The highest BCUT2D eigenvalue weighted by atomic mass is 32.1. The highest BCUT2D eigenvalue weighted by Gasteiger charge is 2.09. The van der Waals surface area contributed by atoms with Crippen LogP contribution in [0.1, 0.15) is 23.1 Å². The van der Waals surface area contributed by atoms with Gasteiger partial charge in [0, 0.05) is 29.9 Å². The Labute approximate surface area is 179 Å². The van der Waals surface area contributed by atoms with Gasteiger partial charge in [0.2, 0.25) is 5.91 Å². The summed E-state index contributed by atoms with van der Waals surface area (Å²) in [7, 11) is 0. The molecule has 1 amide bonds. The molecule has 0 atom stereocenters. The number of thiophene rings is 1. The zero-order valence-corrected chi connectivity index (χ0v) is 17.6. The Morgan fingerprint density at radius 1 is 1.17 bits per heavy atom. The van der Waals surface area contributed by atoms with Crippen molar-refractivity contribution < 1.29 is 9.53 Å². The number of amides is 1. The molecule has 5 nitrogen and oxygen atoms in total. The van der Waals surface area contributed by atoms with E-state index in [9.17, 15) is 4.79 Å². The minimum atomic E-state index is 0.0121. The lowest BCUT2D eigenvalue weighted by Gasteiger charge is -2.18. The van der Waals surface area contributed by atoms with Gasteiger partial charge in [-0.15, -0.1) is 11.3 Å². The van der Waals surface area contributed by atoms with Gasteiger partial charge in [0.05, 0.1) is 12.2 Å². The van der Waals surface area contributed by atoms with Crippen LogP contribution < -0.4 is 4.74 Å². The van der Waals surface area contributed by atoms with E-state index in [0.717, 1.165) is 22.7 Å². The minimum Gasteiger partial charge on any atom is -0.487 e. The van der Waals surface area contributed by atoms with E-state index >= 15 is 0 Å². The van der Waals surface area contributed by atoms with Crippen molar-refractivity contribution in [3.63, 3.8) is 0 Å². The van der Waals surface area contributed by atoms with Crippen LogP contribution in [0.4, 0.5) is 0 Å². The van der Waals surface area contributed by atoms with Gasteiger partial charge in [-0.2, -0.15) is 0 Å². The number of rotatable bonds is 8. The van der Waals surface area contributed by atoms with Crippen molar-refractivity contribution >= 4 is 29.0 Å². The zero-order chi connectivity index (χ0) is 20.8. The Hall–Kier alpha value is -3.38. The van der Waals surface area contributed by atoms with Gasteiger partial charge in [-0.1, -0.05) is 24.3 Å².